The molecule has 1 aromatic heterocycles. The van der Waals surface area contributed by atoms with E-state index in [-0.39, 0.29) is 49.1 Å². The van der Waals surface area contributed by atoms with E-state index >= 15 is 0 Å². The molecule has 1 aromatic rings. The lowest BCUT2D eigenvalue weighted by molar-refractivity contribution is -0.142. The van der Waals surface area contributed by atoms with Crippen molar-refractivity contribution in [2.45, 2.75) is 96.2 Å². The third kappa shape index (κ3) is 4.91. The second-order valence-electron chi connectivity index (χ2n) is 8.55. The Bertz CT molecular complexity index is 750. The molecule has 0 saturated heterocycles. The van der Waals surface area contributed by atoms with Gasteiger partial charge in [0.05, 0.1) is 18.8 Å². The summed E-state index contributed by atoms with van der Waals surface area (Å²) < 4.78 is 5.19. The average Bonchev–Trinajstić information content (AvgIpc) is 3.50. The van der Waals surface area contributed by atoms with Crippen LogP contribution in [0.1, 0.15) is 76.9 Å². The van der Waals surface area contributed by atoms with Crippen LogP contribution in [0.3, 0.4) is 0 Å². The normalized spacial score (nSPS) is 18.5. The number of amides is 2. The van der Waals surface area contributed by atoms with Crippen LogP contribution in [0.5, 0.6) is 0 Å². The molecule has 2 aliphatic carbocycles. The summed E-state index contributed by atoms with van der Waals surface area (Å²) >= 11 is 0. The zero-order chi connectivity index (χ0) is 21.7. The first kappa shape index (κ1) is 22.5. The molecule has 3 rings (SSSR count). The molecule has 166 valence electrons. The number of anilines is 1. The van der Waals surface area contributed by atoms with E-state index in [4.69, 9.17) is 10.3 Å². The zero-order valence-corrected chi connectivity index (χ0v) is 18.1. The van der Waals surface area contributed by atoms with Gasteiger partial charge in [-0.1, -0.05) is 30.8 Å². The molecule has 0 aromatic carbocycles. The molecule has 8 nitrogen and oxygen atoms in total. The lowest BCUT2D eigenvalue weighted by Gasteiger charge is -2.34. The van der Waals surface area contributed by atoms with Crippen LogP contribution in [0.15, 0.2) is 10.7 Å². The number of rotatable bonds is 9. The summed E-state index contributed by atoms with van der Waals surface area (Å²) in [6, 6.07) is -0.370. The Balaban J connectivity index is 1.70. The van der Waals surface area contributed by atoms with Crippen LogP contribution in [0.4, 0.5) is 5.69 Å². The van der Waals surface area contributed by atoms with Crippen molar-refractivity contribution in [3.63, 3.8) is 0 Å². The Hall–Kier alpha value is -2.22. The quantitative estimate of drug-likeness (QED) is 0.660. The lowest BCUT2D eigenvalue weighted by atomic mass is 10.1. The maximum absolute atomic E-state index is 13.2. The van der Waals surface area contributed by atoms with E-state index in [2.05, 4.69) is 5.16 Å². The van der Waals surface area contributed by atoms with Gasteiger partial charge >= 0.3 is 0 Å². The first-order chi connectivity index (χ1) is 14.4. The summed E-state index contributed by atoms with van der Waals surface area (Å²) in [6.45, 7) is 3.46. The monoisotopic (exact) mass is 418 g/mol. The number of carbonyl (C=O) groups is 3. The molecular formula is C22H34N4O4. The van der Waals surface area contributed by atoms with Crippen LogP contribution in [0.25, 0.3) is 0 Å². The summed E-state index contributed by atoms with van der Waals surface area (Å²) in [7, 11) is 0. The largest absolute Gasteiger partial charge is 0.359 e. The fourth-order valence-corrected chi connectivity index (χ4v) is 4.93. The molecule has 1 unspecified atom stereocenters. The highest BCUT2D eigenvalue weighted by Crippen LogP contribution is 2.31. The molecule has 0 bridgehead atoms. The zero-order valence-electron chi connectivity index (χ0n) is 18.1. The number of ketones is 1. The molecule has 1 atom stereocenters. The van der Waals surface area contributed by atoms with Gasteiger partial charge in [0.15, 0.2) is 11.5 Å². The van der Waals surface area contributed by atoms with E-state index in [0.29, 0.717) is 11.4 Å². The van der Waals surface area contributed by atoms with Gasteiger partial charge in [-0.25, -0.2) is 0 Å². The van der Waals surface area contributed by atoms with Gasteiger partial charge < -0.3 is 20.1 Å². The van der Waals surface area contributed by atoms with Crippen molar-refractivity contribution >= 4 is 23.3 Å². The van der Waals surface area contributed by atoms with Crippen LogP contribution < -0.4 is 10.6 Å². The topological polar surface area (TPSA) is 110 Å². The third-order valence-corrected chi connectivity index (χ3v) is 6.59. The number of Topliss-reactive ketones (excluding diaryl/α,β-unsaturated/α-hetero) is 1. The fourth-order valence-electron chi connectivity index (χ4n) is 4.93. The molecular weight excluding hydrogens is 384 g/mol. The highest BCUT2D eigenvalue weighted by Gasteiger charge is 2.35. The molecule has 2 N–H and O–H groups in total. The minimum absolute atomic E-state index is 0.0596. The molecule has 2 aliphatic rings. The summed E-state index contributed by atoms with van der Waals surface area (Å²) in [5.41, 5.74) is 6.24. The summed E-state index contributed by atoms with van der Waals surface area (Å²) in [6.07, 6.45) is 9.75. The first-order valence-electron chi connectivity index (χ1n) is 11.2. The fraction of sp³-hybridized carbons (Fsp3) is 0.727. The minimum atomic E-state index is -0.549. The van der Waals surface area contributed by atoms with Gasteiger partial charge in [0.25, 0.3) is 0 Å². The standard InChI is InChI=1S/C22H34N4O4/c1-15(20(27)13-23)25(17-7-3-4-8-17)21(28)11-12-22(29)26(18-9-5-6-10-18)19-14-24-30-16(19)2/h14-15,17-18H,3-13,23H2,1-2H3. The lowest BCUT2D eigenvalue weighted by Crippen LogP contribution is -2.50. The third-order valence-electron chi connectivity index (χ3n) is 6.59. The predicted molar refractivity (Wildman–Crippen MR) is 113 cm³/mol. The van der Waals surface area contributed by atoms with Crippen molar-refractivity contribution in [3.8, 4) is 0 Å². The van der Waals surface area contributed by atoms with Crippen LogP contribution in [0, 0.1) is 6.92 Å². The van der Waals surface area contributed by atoms with Gasteiger partial charge in [0, 0.05) is 24.9 Å². The SMILES string of the molecule is Cc1oncc1N(C(=O)CCC(=O)N(C1CCCC1)C(C)C(=O)CN)C1CCCC1. The van der Waals surface area contributed by atoms with Crippen molar-refractivity contribution in [1.29, 1.82) is 0 Å². The molecule has 2 saturated carbocycles. The van der Waals surface area contributed by atoms with E-state index in [0.717, 1.165) is 51.4 Å². The number of nitrogens with two attached hydrogens (primary N) is 1. The smallest absolute Gasteiger partial charge is 0.227 e. The molecule has 30 heavy (non-hydrogen) atoms. The molecule has 2 fully saturated rings. The van der Waals surface area contributed by atoms with E-state index in [1.165, 1.54) is 0 Å². The van der Waals surface area contributed by atoms with E-state index < -0.39 is 6.04 Å². The highest BCUT2D eigenvalue weighted by atomic mass is 16.5. The van der Waals surface area contributed by atoms with E-state index in [9.17, 15) is 14.4 Å². The summed E-state index contributed by atoms with van der Waals surface area (Å²) in [5.74, 6) is 0.231. The number of nitrogens with zero attached hydrogens (tertiary/aromatic N) is 3. The van der Waals surface area contributed by atoms with Crippen molar-refractivity contribution < 1.29 is 18.9 Å². The van der Waals surface area contributed by atoms with Crippen molar-refractivity contribution in [2.24, 2.45) is 5.73 Å². The maximum atomic E-state index is 13.2. The van der Waals surface area contributed by atoms with Gasteiger partial charge in [-0.05, 0) is 39.5 Å². The first-order valence-corrected chi connectivity index (χ1v) is 11.2. The Morgan fingerprint density at radius 2 is 1.63 bits per heavy atom. The van der Waals surface area contributed by atoms with Crippen molar-refractivity contribution in [1.82, 2.24) is 10.1 Å². The predicted octanol–water partition coefficient (Wildman–Crippen LogP) is 2.73. The molecule has 1 heterocycles. The Labute approximate surface area is 178 Å². The summed E-state index contributed by atoms with van der Waals surface area (Å²) in [4.78, 5) is 42.0. The van der Waals surface area contributed by atoms with Crippen LogP contribution >= 0.6 is 0 Å². The van der Waals surface area contributed by atoms with E-state index in [1.54, 1.807) is 29.8 Å². The number of hydrogen-bond acceptors (Lipinski definition) is 6. The van der Waals surface area contributed by atoms with Crippen molar-refractivity contribution in [2.75, 3.05) is 11.4 Å². The van der Waals surface area contributed by atoms with Gasteiger partial charge in [0.2, 0.25) is 11.8 Å². The molecule has 8 heteroatoms. The van der Waals surface area contributed by atoms with Crippen LogP contribution in [-0.4, -0.2) is 52.3 Å². The number of aryl methyl sites for hydroxylation is 1. The van der Waals surface area contributed by atoms with Crippen LogP contribution in [-0.2, 0) is 14.4 Å². The maximum Gasteiger partial charge on any atom is 0.227 e. The van der Waals surface area contributed by atoms with Gasteiger partial charge in [-0.15, -0.1) is 0 Å². The van der Waals surface area contributed by atoms with E-state index in [1.807, 2.05) is 0 Å². The van der Waals surface area contributed by atoms with Crippen LogP contribution in [0.2, 0.25) is 0 Å². The van der Waals surface area contributed by atoms with Crippen molar-refractivity contribution in [3.05, 3.63) is 12.0 Å². The Morgan fingerprint density at radius 1 is 1.07 bits per heavy atom. The Morgan fingerprint density at radius 3 is 2.17 bits per heavy atom. The van der Waals surface area contributed by atoms with Gasteiger partial charge in [-0.3, -0.25) is 14.4 Å². The number of aromatic nitrogens is 1. The Kier molecular flexibility index (Phi) is 7.64. The minimum Gasteiger partial charge on any atom is -0.359 e. The number of carbonyl (C=O) groups excluding carboxylic acids is 3. The molecule has 0 aliphatic heterocycles. The molecule has 0 spiro atoms. The molecule has 0 radical (unpaired) electrons. The second kappa shape index (κ2) is 10.2. The molecule has 2 amide bonds. The highest BCUT2D eigenvalue weighted by molar-refractivity contribution is 5.97. The second-order valence-corrected chi connectivity index (χ2v) is 8.55. The van der Waals surface area contributed by atoms with Gasteiger partial charge in [0.1, 0.15) is 5.69 Å². The average molecular weight is 419 g/mol. The van der Waals surface area contributed by atoms with Gasteiger partial charge in [-0.2, -0.15) is 0 Å². The number of hydrogen-bond donors (Lipinski definition) is 1. The summed E-state index contributed by atoms with van der Waals surface area (Å²) in [5, 5.41) is 3.83.